The van der Waals surface area contributed by atoms with Gasteiger partial charge in [0, 0.05) is 19.5 Å². The quantitative estimate of drug-likeness (QED) is 0.539. The normalized spacial score (nSPS) is 11.4. The number of carbonyl (C=O) groups is 2. The highest BCUT2D eigenvalue weighted by Crippen LogP contribution is 2.17. The molecule has 0 saturated heterocycles. The Balaban J connectivity index is 2.04. The summed E-state index contributed by atoms with van der Waals surface area (Å²) in [6.07, 6.45) is 1.45. The zero-order valence-electron chi connectivity index (χ0n) is 18.1. The van der Waals surface area contributed by atoms with Gasteiger partial charge in [-0.15, -0.1) is 0 Å². The van der Waals surface area contributed by atoms with E-state index < -0.39 is 6.04 Å². The van der Waals surface area contributed by atoms with Crippen molar-refractivity contribution in [1.29, 1.82) is 0 Å². The minimum absolute atomic E-state index is 0.0550. The van der Waals surface area contributed by atoms with Crippen molar-refractivity contribution in [3.05, 3.63) is 60.2 Å². The van der Waals surface area contributed by atoms with E-state index in [0.29, 0.717) is 39.0 Å². The minimum atomic E-state index is -0.505. The molecule has 2 aromatic rings. The monoisotopic (exact) mass is 412 g/mol. The van der Waals surface area contributed by atoms with Crippen molar-refractivity contribution in [1.82, 2.24) is 10.2 Å². The van der Waals surface area contributed by atoms with Gasteiger partial charge in [-0.25, -0.2) is 0 Å². The molecule has 0 radical (unpaired) electrons. The fourth-order valence-corrected chi connectivity index (χ4v) is 3.21. The molecule has 1 N–H and O–H groups in total. The Hall–Kier alpha value is -3.02. The Morgan fingerprint density at radius 1 is 1.00 bits per heavy atom. The van der Waals surface area contributed by atoms with Crippen molar-refractivity contribution < 1.29 is 19.1 Å². The summed E-state index contributed by atoms with van der Waals surface area (Å²) in [6, 6.07) is 16.6. The first-order valence-electron chi connectivity index (χ1n) is 10.5. The van der Waals surface area contributed by atoms with Gasteiger partial charge in [-0.05, 0) is 49.6 Å². The Morgan fingerprint density at radius 2 is 1.70 bits per heavy atom. The number of amides is 2. The van der Waals surface area contributed by atoms with E-state index in [9.17, 15) is 9.59 Å². The van der Waals surface area contributed by atoms with E-state index in [1.165, 1.54) is 0 Å². The number of methoxy groups -OCH3 is 1. The molecule has 0 unspecified atom stereocenters. The number of nitrogens with one attached hydrogen (secondary N) is 1. The van der Waals surface area contributed by atoms with Crippen LogP contribution in [0.25, 0.3) is 0 Å². The predicted molar refractivity (Wildman–Crippen MR) is 117 cm³/mol. The molecule has 0 heterocycles. The van der Waals surface area contributed by atoms with Gasteiger partial charge in [0.05, 0.1) is 13.7 Å². The minimum Gasteiger partial charge on any atom is -0.497 e. The van der Waals surface area contributed by atoms with Crippen LogP contribution in [0.3, 0.4) is 0 Å². The highest BCUT2D eigenvalue weighted by atomic mass is 16.5. The summed E-state index contributed by atoms with van der Waals surface area (Å²) in [6.45, 7) is 5.15. The summed E-state index contributed by atoms with van der Waals surface area (Å²) >= 11 is 0. The molecule has 0 aliphatic heterocycles. The van der Waals surface area contributed by atoms with E-state index in [0.717, 1.165) is 17.1 Å². The van der Waals surface area contributed by atoms with Gasteiger partial charge >= 0.3 is 0 Å². The highest BCUT2D eigenvalue weighted by molar-refractivity contribution is 5.87. The van der Waals surface area contributed by atoms with Gasteiger partial charge in [-0.1, -0.05) is 37.3 Å². The lowest BCUT2D eigenvalue weighted by molar-refractivity contribution is -0.141. The number of hydrogen-bond acceptors (Lipinski definition) is 4. The molecular weight excluding hydrogens is 380 g/mol. The topological polar surface area (TPSA) is 67.9 Å². The molecule has 0 aromatic heterocycles. The van der Waals surface area contributed by atoms with Crippen LogP contribution in [0.5, 0.6) is 11.5 Å². The Morgan fingerprint density at radius 3 is 2.30 bits per heavy atom. The molecule has 0 aliphatic rings. The highest BCUT2D eigenvalue weighted by Gasteiger charge is 2.28. The molecule has 0 bridgehead atoms. The summed E-state index contributed by atoms with van der Waals surface area (Å²) < 4.78 is 10.9. The Labute approximate surface area is 179 Å². The van der Waals surface area contributed by atoms with Crippen molar-refractivity contribution in [3.63, 3.8) is 0 Å². The van der Waals surface area contributed by atoms with Crippen LogP contribution in [0.15, 0.2) is 54.6 Å². The smallest absolute Gasteiger partial charge is 0.242 e. The van der Waals surface area contributed by atoms with Crippen LogP contribution in [0.2, 0.25) is 0 Å². The average molecular weight is 413 g/mol. The van der Waals surface area contributed by atoms with Gasteiger partial charge in [0.1, 0.15) is 17.5 Å². The largest absolute Gasteiger partial charge is 0.497 e. The maximum absolute atomic E-state index is 13.1. The third-order valence-corrected chi connectivity index (χ3v) is 4.80. The van der Waals surface area contributed by atoms with Gasteiger partial charge in [0.25, 0.3) is 0 Å². The Kier molecular flexibility index (Phi) is 9.71. The number of para-hydroxylation sites is 1. The van der Waals surface area contributed by atoms with E-state index in [4.69, 9.17) is 9.47 Å². The van der Waals surface area contributed by atoms with Crippen LogP contribution in [0, 0.1) is 0 Å². The maximum atomic E-state index is 13.1. The van der Waals surface area contributed by atoms with Gasteiger partial charge in [0.15, 0.2) is 0 Å². The van der Waals surface area contributed by atoms with Gasteiger partial charge in [-0.3, -0.25) is 9.59 Å². The molecule has 0 spiro atoms. The van der Waals surface area contributed by atoms with Gasteiger partial charge in [-0.2, -0.15) is 0 Å². The second kappa shape index (κ2) is 12.5. The molecule has 2 aromatic carbocycles. The van der Waals surface area contributed by atoms with Crippen LogP contribution >= 0.6 is 0 Å². The van der Waals surface area contributed by atoms with E-state index in [1.807, 2.05) is 68.4 Å². The molecule has 0 saturated carbocycles. The van der Waals surface area contributed by atoms with Crippen molar-refractivity contribution in [3.8, 4) is 11.5 Å². The molecule has 2 amide bonds. The third-order valence-electron chi connectivity index (χ3n) is 4.80. The zero-order chi connectivity index (χ0) is 21.8. The SMILES string of the molecule is CCNC(=O)[C@H](CC)N(Cc1ccc(OC)cc1)C(=O)CCCOc1ccccc1. The lowest BCUT2D eigenvalue weighted by Crippen LogP contribution is -2.49. The first-order chi connectivity index (χ1) is 14.6. The number of rotatable bonds is 12. The molecule has 0 fully saturated rings. The maximum Gasteiger partial charge on any atom is 0.242 e. The number of likely N-dealkylation sites (N-methyl/N-ethyl adjacent to an activating group) is 1. The number of benzene rings is 2. The summed E-state index contributed by atoms with van der Waals surface area (Å²) in [5.41, 5.74) is 0.951. The number of nitrogens with zero attached hydrogens (tertiary/aromatic N) is 1. The van der Waals surface area contributed by atoms with Crippen LogP contribution in [0.1, 0.15) is 38.7 Å². The molecular formula is C24H32N2O4. The fourth-order valence-electron chi connectivity index (χ4n) is 3.21. The lowest BCUT2D eigenvalue weighted by Gasteiger charge is -2.30. The van der Waals surface area contributed by atoms with E-state index in [1.54, 1.807) is 12.0 Å². The first-order valence-corrected chi connectivity index (χ1v) is 10.5. The summed E-state index contributed by atoms with van der Waals surface area (Å²) in [4.78, 5) is 27.3. The zero-order valence-corrected chi connectivity index (χ0v) is 18.1. The van der Waals surface area contributed by atoms with E-state index in [2.05, 4.69) is 5.32 Å². The molecule has 162 valence electrons. The van der Waals surface area contributed by atoms with Gasteiger partial charge in [0.2, 0.25) is 11.8 Å². The van der Waals surface area contributed by atoms with E-state index >= 15 is 0 Å². The second-order valence-corrected chi connectivity index (χ2v) is 6.95. The summed E-state index contributed by atoms with van der Waals surface area (Å²) in [5.74, 6) is 1.36. The van der Waals surface area contributed by atoms with Crippen molar-refractivity contribution in [2.24, 2.45) is 0 Å². The van der Waals surface area contributed by atoms with Crippen molar-refractivity contribution in [2.45, 2.75) is 45.7 Å². The van der Waals surface area contributed by atoms with Crippen LogP contribution in [-0.4, -0.2) is 43.0 Å². The Bertz CT molecular complexity index is 778. The summed E-state index contributed by atoms with van der Waals surface area (Å²) in [7, 11) is 1.62. The lowest BCUT2D eigenvalue weighted by atomic mass is 10.1. The van der Waals surface area contributed by atoms with Crippen molar-refractivity contribution >= 4 is 11.8 Å². The van der Waals surface area contributed by atoms with Crippen molar-refractivity contribution in [2.75, 3.05) is 20.3 Å². The summed E-state index contributed by atoms with van der Waals surface area (Å²) in [5, 5.41) is 2.85. The van der Waals surface area contributed by atoms with Crippen LogP contribution < -0.4 is 14.8 Å². The molecule has 2 rings (SSSR count). The van der Waals surface area contributed by atoms with Gasteiger partial charge < -0.3 is 19.7 Å². The molecule has 6 nitrogen and oxygen atoms in total. The van der Waals surface area contributed by atoms with Crippen LogP contribution in [-0.2, 0) is 16.1 Å². The molecule has 30 heavy (non-hydrogen) atoms. The van der Waals surface area contributed by atoms with Crippen LogP contribution in [0.4, 0.5) is 0 Å². The number of hydrogen-bond donors (Lipinski definition) is 1. The average Bonchev–Trinajstić information content (AvgIpc) is 2.77. The first kappa shape index (κ1) is 23.3. The molecule has 0 aliphatic carbocycles. The number of ether oxygens (including phenoxy) is 2. The second-order valence-electron chi connectivity index (χ2n) is 6.95. The fraction of sp³-hybridized carbons (Fsp3) is 0.417. The molecule has 6 heteroatoms. The standard InChI is InChI=1S/C24H32N2O4/c1-4-22(24(28)25-5-2)26(18-19-13-15-20(29-3)16-14-19)23(27)12-9-17-30-21-10-7-6-8-11-21/h6-8,10-11,13-16,22H,4-5,9,12,17-18H2,1-3H3,(H,25,28)/t22-/m0/s1. The third kappa shape index (κ3) is 7.10. The molecule has 1 atom stereocenters. The van der Waals surface area contributed by atoms with E-state index in [-0.39, 0.29) is 11.8 Å². The number of carbonyl (C=O) groups excluding carboxylic acids is 2. The predicted octanol–water partition coefficient (Wildman–Crippen LogP) is 3.80.